The van der Waals surface area contributed by atoms with Gasteiger partial charge in [0.05, 0.1) is 30.1 Å². The van der Waals surface area contributed by atoms with Crippen LogP contribution in [0.5, 0.6) is 0 Å². The smallest absolute Gasteiger partial charge is 0.285 e. The van der Waals surface area contributed by atoms with Crippen LogP contribution < -0.4 is 5.43 Å². The van der Waals surface area contributed by atoms with Gasteiger partial charge >= 0.3 is 0 Å². The van der Waals surface area contributed by atoms with Gasteiger partial charge in [0, 0.05) is 0 Å². The molecule has 0 fully saturated rings. The summed E-state index contributed by atoms with van der Waals surface area (Å²) in [6.07, 6.45) is 4.59. The molecule has 82 valence electrons. The van der Waals surface area contributed by atoms with Gasteiger partial charge in [-0.25, -0.2) is 10.4 Å². The quantitative estimate of drug-likeness (QED) is 0.593. The molecule has 0 unspecified atom stereocenters. The highest BCUT2D eigenvalue weighted by Crippen LogP contribution is 2.07. The number of rotatable bonds is 3. The van der Waals surface area contributed by atoms with Crippen LogP contribution in [0.15, 0.2) is 17.6 Å². The number of aromatic nitrogens is 4. The highest BCUT2D eigenvalue weighted by atomic mass is 32.1. The first-order chi connectivity index (χ1) is 7.77. The van der Waals surface area contributed by atoms with Crippen molar-refractivity contribution in [2.24, 2.45) is 5.10 Å². The van der Waals surface area contributed by atoms with Gasteiger partial charge in [0.25, 0.3) is 5.91 Å². The van der Waals surface area contributed by atoms with Gasteiger partial charge in [0.1, 0.15) is 4.88 Å². The van der Waals surface area contributed by atoms with Gasteiger partial charge in [0.15, 0.2) is 0 Å². The van der Waals surface area contributed by atoms with Crippen molar-refractivity contribution < 1.29 is 4.79 Å². The first kappa shape index (κ1) is 10.4. The fourth-order valence-electron chi connectivity index (χ4n) is 0.988. The lowest BCUT2D eigenvalue weighted by Gasteiger charge is -1.94. The largest absolute Gasteiger partial charge is 0.344 e. The van der Waals surface area contributed by atoms with E-state index < -0.39 is 0 Å². The number of carbonyl (C=O) groups excluding carboxylic acids is 1. The number of hydrogen-bond donors (Lipinski definition) is 2. The average Bonchev–Trinajstić information content (AvgIpc) is 2.88. The average molecular weight is 236 g/mol. The number of aryl methyl sites for hydroxylation is 1. The van der Waals surface area contributed by atoms with Gasteiger partial charge in [-0.15, -0.1) is 5.10 Å². The van der Waals surface area contributed by atoms with Crippen LogP contribution in [0.2, 0.25) is 0 Å². The Labute approximate surface area is 94.8 Å². The van der Waals surface area contributed by atoms with E-state index in [2.05, 4.69) is 30.1 Å². The molecule has 0 aliphatic heterocycles. The molecule has 16 heavy (non-hydrogen) atoms. The van der Waals surface area contributed by atoms with E-state index in [1.54, 1.807) is 13.1 Å². The Hall–Kier alpha value is -2.09. The third-order valence-corrected chi connectivity index (χ3v) is 2.57. The summed E-state index contributed by atoms with van der Waals surface area (Å²) in [6, 6.07) is 0. The fraction of sp³-hybridized carbons (Fsp3) is 0.125. The molecule has 0 bridgehead atoms. The van der Waals surface area contributed by atoms with Crippen LogP contribution in [-0.4, -0.2) is 31.7 Å². The van der Waals surface area contributed by atoms with Crippen molar-refractivity contribution in [2.45, 2.75) is 6.92 Å². The molecule has 0 saturated carbocycles. The minimum atomic E-state index is -0.316. The summed E-state index contributed by atoms with van der Waals surface area (Å²) >= 11 is 1.04. The number of nitrogens with one attached hydrogen (secondary N) is 2. The van der Waals surface area contributed by atoms with E-state index in [9.17, 15) is 4.79 Å². The van der Waals surface area contributed by atoms with Crippen molar-refractivity contribution in [3.8, 4) is 0 Å². The number of amides is 1. The van der Waals surface area contributed by atoms with Gasteiger partial charge in [-0.2, -0.15) is 5.10 Å². The van der Waals surface area contributed by atoms with E-state index in [4.69, 9.17) is 0 Å². The number of imidazole rings is 1. The minimum absolute atomic E-state index is 0.316. The lowest BCUT2D eigenvalue weighted by atomic mass is 10.4. The summed E-state index contributed by atoms with van der Waals surface area (Å²) in [5.41, 5.74) is 3.68. The van der Waals surface area contributed by atoms with Crippen molar-refractivity contribution in [3.63, 3.8) is 0 Å². The molecular formula is C8H8N6OS. The van der Waals surface area contributed by atoms with Crippen LogP contribution >= 0.6 is 11.5 Å². The number of aromatic amines is 1. The zero-order valence-electron chi connectivity index (χ0n) is 8.34. The summed E-state index contributed by atoms with van der Waals surface area (Å²) in [5.74, 6) is -0.316. The Kier molecular flexibility index (Phi) is 3.01. The zero-order valence-corrected chi connectivity index (χ0v) is 9.15. The maximum atomic E-state index is 11.5. The lowest BCUT2D eigenvalue weighted by Crippen LogP contribution is -2.17. The molecule has 0 spiro atoms. The van der Waals surface area contributed by atoms with Crippen molar-refractivity contribution in [1.82, 2.24) is 25.0 Å². The number of hydrazone groups is 1. The second-order valence-corrected chi connectivity index (χ2v) is 3.65. The molecule has 2 aromatic rings. The molecular weight excluding hydrogens is 228 g/mol. The molecule has 2 N–H and O–H groups in total. The minimum Gasteiger partial charge on any atom is -0.344 e. The Bertz CT molecular complexity index is 502. The van der Waals surface area contributed by atoms with Crippen molar-refractivity contribution >= 4 is 23.7 Å². The zero-order chi connectivity index (χ0) is 11.4. The molecule has 0 aliphatic rings. The maximum Gasteiger partial charge on any atom is 0.285 e. The molecule has 0 aromatic carbocycles. The molecule has 0 radical (unpaired) electrons. The molecule has 2 rings (SSSR count). The van der Waals surface area contributed by atoms with Crippen LogP contribution in [-0.2, 0) is 0 Å². The molecule has 0 atom stereocenters. The molecule has 1 amide bonds. The standard InChI is InChI=1S/C8H8N6OS/c1-5-7(16-14-12-5)8(15)13-11-3-6-2-9-4-10-6/h2-4H,1H3,(H,9,10)(H,13,15)/b11-3+. The molecule has 0 aliphatic carbocycles. The Morgan fingerprint density at radius 1 is 1.69 bits per heavy atom. The van der Waals surface area contributed by atoms with Gasteiger partial charge in [-0.3, -0.25) is 4.79 Å². The second-order valence-electron chi connectivity index (χ2n) is 2.89. The van der Waals surface area contributed by atoms with Crippen LogP contribution in [0.4, 0.5) is 0 Å². The second kappa shape index (κ2) is 4.62. The van der Waals surface area contributed by atoms with Gasteiger partial charge in [-0.05, 0) is 18.5 Å². The number of carbonyl (C=O) groups is 1. The van der Waals surface area contributed by atoms with Gasteiger partial charge < -0.3 is 4.98 Å². The lowest BCUT2D eigenvalue weighted by molar-refractivity contribution is 0.0958. The summed E-state index contributed by atoms with van der Waals surface area (Å²) in [5, 5.41) is 7.50. The maximum absolute atomic E-state index is 11.5. The molecule has 2 aromatic heterocycles. The van der Waals surface area contributed by atoms with Crippen molar-refractivity contribution in [1.29, 1.82) is 0 Å². The van der Waals surface area contributed by atoms with Crippen molar-refractivity contribution in [2.75, 3.05) is 0 Å². The number of hydrogen-bond acceptors (Lipinski definition) is 6. The Morgan fingerprint density at radius 3 is 3.19 bits per heavy atom. The Balaban J connectivity index is 1.97. The normalized spacial score (nSPS) is 10.8. The SMILES string of the molecule is Cc1nnsc1C(=O)N/N=C/c1cnc[nH]1. The predicted molar refractivity (Wildman–Crippen MR) is 58.3 cm³/mol. The topological polar surface area (TPSA) is 95.9 Å². The summed E-state index contributed by atoms with van der Waals surface area (Å²) in [4.78, 5) is 18.6. The monoisotopic (exact) mass is 236 g/mol. The van der Waals surface area contributed by atoms with Gasteiger partial charge in [0.2, 0.25) is 0 Å². The Morgan fingerprint density at radius 2 is 2.56 bits per heavy atom. The highest BCUT2D eigenvalue weighted by molar-refractivity contribution is 7.07. The first-order valence-electron chi connectivity index (χ1n) is 4.38. The highest BCUT2D eigenvalue weighted by Gasteiger charge is 2.11. The van der Waals surface area contributed by atoms with E-state index >= 15 is 0 Å². The summed E-state index contributed by atoms with van der Waals surface area (Å²) in [6.45, 7) is 1.72. The molecule has 7 nitrogen and oxygen atoms in total. The van der Waals surface area contributed by atoms with E-state index in [1.165, 1.54) is 12.5 Å². The number of nitrogens with zero attached hydrogens (tertiary/aromatic N) is 4. The molecule has 0 saturated heterocycles. The van der Waals surface area contributed by atoms with Gasteiger partial charge in [-0.1, -0.05) is 4.49 Å². The fourth-order valence-corrected chi connectivity index (χ4v) is 1.53. The summed E-state index contributed by atoms with van der Waals surface area (Å²) < 4.78 is 3.66. The number of H-pyrrole nitrogens is 1. The van der Waals surface area contributed by atoms with E-state index in [0.717, 1.165) is 11.5 Å². The predicted octanol–water partition coefficient (Wildman–Crippen LogP) is 0.334. The van der Waals surface area contributed by atoms with E-state index in [0.29, 0.717) is 16.3 Å². The third kappa shape index (κ3) is 2.28. The van der Waals surface area contributed by atoms with Crippen molar-refractivity contribution in [3.05, 3.63) is 28.8 Å². The van der Waals surface area contributed by atoms with Crippen LogP contribution in [0, 0.1) is 6.92 Å². The third-order valence-electron chi connectivity index (χ3n) is 1.75. The van der Waals surface area contributed by atoms with Crippen LogP contribution in [0.1, 0.15) is 21.1 Å². The summed E-state index contributed by atoms with van der Waals surface area (Å²) in [7, 11) is 0. The van der Waals surface area contributed by atoms with Crippen LogP contribution in [0.25, 0.3) is 0 Å². The van der Waals surface area contributed by atoms with E-state index in [1.807, 2.05) is 0 Å². The molecule has 8 heteroatoms. The van der Waals surface area contributed by atoms with Crippen LogP contribution in [0.3, 0.4) is 0 Å². The molecule has 2 heterocycles. The van der Waals surface area contributed by atoms with E-state index in [-0.39, 0.29) is 5.91 Å². The first-order valence-corrected chi connectivity index (χ1v) is 5.15.